The SMILES string of the molecule is O=C(O)CCCCc1nc2cc(C(=O)N3CCO[C@H](c4ccc(C(F)(F)F)cc4)C3)ccc2nc1-c1ccc(Cl)cc1. The molecule has 1 aromatic heterocycles. The maximum Gasteiger partial charge on any atom is 0.416 e. The first-order valence-electron chi connectivity index (χ1n) is 13.4. The number of ether oxygens (including phenoxy) is 1. The fourth-order valence-electron chi connectivity index (χ4n) is 4.91. The Kier molecular flexibility index (Phi) is 8.74. The summed E-state index contributed by atoms with van der Waals surface area (Å²) in [6, 6.07) is 17.1. The molecule has 0 bridgehead atoms. The van der Waals surface area contributed by atoms with Crippen LogP contribution in [0.5, 0.6) is 0 Å². The Balaban J connectivity index is 1.39. The number of aromatic nitrogens is 2. The standard InChI is InChI=1S/C31H27ClF3N3O4/c32-23-12-7-20(8-13-23)29-25(3-1-2-4-28(39)40)36-26-17-21(9-14-24(26)37-29)30(41)38-15-16-42-27(18-38)19-5-10-22(11-6-19)31(33,34)35/h5-14,17,27H,1-4,15-16,18H2,(H,39,40)/t27-/m0/s1. The number of carbonyl (C=O) groups excluding carboxylic acids is 1. The molecule has 1 aliphatic rings. The lowest BCUT2D eigenvalue weighted by molar-refractivity contribution is -0.138. The molecule has 218 valence electrons. The second kappa shape index (κ2) is 12.5. The van der Waals surface area contributed by atoms with Gasteiger partial charge in [-0.25, -0.2) is 9.97 Å². The number of carboxylic acid groups (broad SMARTS) is 1. The minimum absolute atomic E-state index is 0.0585. The van der Waals surface area contributed by atoms with Crippen molar-refractivity contribution in [1.29, 1.82) is 0 Å². The van der Waals surface area contributed by atoms with E-state index in [0.717, 1.165) is 17.7 Å². The summed E-state index contributed by atoms with van der Waals surface area (Å²) in [6.45, 7) is 0.776. The van der Waals surface area contributed by atoms with Crippen molar-refractivity contribution in [3.05, 3.63) is 94.1 Å². The van der Waals surface area contributed by atoms with Crippen LogP contribution in [0, 0.1) is 0 Å². The molecule has 2 heterocycles. The van der Waals surface area contributed by atoms with Crippen LogP contribution in [0.1, 0.15) is 52.5 Å². The molecule has 11 heteroatoms. The number of benzene rings is 3. The monoisotopic (exact) mass is 597 g/mol. The lowest BCUT2D eigenvalue weighted by atomic mass is 10.0. The van der Waals surface area contributed by atoms with Gasteiger partial charge in [0, 0.05) is 29.1 Å². The molecule has 42 heavy (non-hydrogen) atoms. The molecule has 0 unspecified atom stereocenters. The van der Waals surface area contributed by atoms with Gasteiger partial charge >= 0.3 is 12.1 Å². The molecule has 0 radical (unpaired) electrons. The van der Waals surface area contributed by atoms with Gasteiger partial charge in [0.25, 0.3) is 5.91 Å². The van der Waals surface area contributed by atoms with Crippen LogP contribution in [0.25, 0.3) is 22.3 Å². The summed E-state index contributed by atoms with van der Waals surface area (Å²) in [4.78, 5) is 35.7. The Morgan fingerprint density at radius 1 is 0.976 bits per heavy atom. The Bertz CT molecular complexity index is 1590. The number of halogens is 4. The summed E-state index contributed by atoms with van der Waals surface area (Å²) in [6.07, 6.45) is -3.33. The predicted octanol–water partition coefficient (Wildman–Crippen LogP) is 6.98. The van der Waals surface area contributed by atoms with Crippen LogP contribution in [-0.4, -0.2) is 51.5 Å². The third-order valence-electron chi connectivity index (χ3n) is 7.12. The van der Waals surface area contributed by atoms with E-state index in [9.17, 15) is 22.8 Å². The summed E-state index contributed by atoms with van der Waals surface area (Å²) >= 11 is 6.07. The number of unbranched alkanes of at least 4 members (excludes halogenated alkanes) is 1. The maximum atomic E-state index is 13.5. The second-order valence-corrected chi connectivity index (χ2v) is 10.5. The van der Waals surface area contributed by atoms with Gasteiger partial charge in [-0.15, -0.1) is 0 Å². The van der Waals surface area contributed by atoms with Crippen molar-refractivity contribution in [1.82, 2.24) is 14.9 Å². The van der Waals surface area contributed by atoms with Crippen LogP contribution in [0.15, 0.2) is 66.7 Å². The zero-order valence-corrected chi connectivity index (χ0v) is 23.2. The fourth-order valence-corrected chi connectivity index (χ4v) is 5.04. The van der Waals surface area contributed by atoms with E-state index in [1.54, 1.807) is 35.2 Å². The molecule has 0 saturated carbocycles. The van der Waals surface area contributed by atoms with E-state index in [1.165, 1.54) is 12.1 Å². The zero-order chi connectivity index (χ0) is 29.9. The lowest BCUT2D eigenvalue weighted by Crippen LogP contribution is -2.42. The first kappa shape index (κ1) is 29.5. The molecule has 1 N–H and O–H groups in total. The van der Waals surface area contributed by atoms with Gasteiger partial charge in [-0.05, 0) is 67.3 Å². The van der Waals surface area contributed by atoms with Gasteiger partial charge in [-0.3, -0.25) is 9.59 Å². The van der Waals surface area contributed by atoms with Crippen LogP contribution < -0.4 is 0 Å². The van der Waals surface area contributed by atoms with Gasteiger partial charge < -0.3 is 14.7 Å². The van der Waals surface area contributed by atoms with E-state index in [-0.39, 0.29) is 25.5 Å². The van der Waals surface area contributed by atoms with Crippen molar-refractivity contribution >= 4 is 34.5 Å². The smallest absolute Gasteiger partial charge is 0.416 e. The largest absolute Gasteiger partial charge is 0.481 e. The number of aliphatic carboxylic acids is 1. The van der Waals surface area contributed by atoms with Crippen molar-refractivity contribution in [2.75, 3.05) is 19.7 Å². The van der Waals surface area contributed by atoms with E-state index in [2.05, 4.69) is 0 Å². The van der Waals surface area contributed by atoms with E-state index in [4.69, 9.17) is 31.4 Å². The summed E-state index contributed by atoms with van der Waals surface area (Å²) in [7, 11) is 0. The van der Waals surface area contributed by atoms with E-state index < -0.39 is 23.8 Å². The second-order valence-electron chi connectivity index (χ2n) is 10.1. The Morgan fingerprint density at radius 3 is 2.40 bits per heavy atom. The number of morpholine rings is 1. The number of carbonyl (C=O) groups is 2. The molecule has 4 aromatic rings. The number of nitrogens with zero attached hydrogens (tertiary/aromatic N) is 3. The van der Waals surface area contributed by atoms with E-state index in [0.29, 0.717) is 64.4 Å². The van der Waals surface area contributed by atoms with Gasteiger partial charge in [0.05, 0.1) is 41.1 Å². The van der Waals surface area contributed by atoms with Crippen LogP contribution in [-0.2, 0) is 22.1 Å². The van der Waals surface area contributed by atoms with Crippen molar-refractivity contribution in [2.45, 2.75) is 38.0 Å². The highest BCUT2D eigenvalue weighted by Crippen LogP contribution is 2.32. The summed E-state index contributed by atoms with van der Waals surface area (Å²) in [5.41, 5.74) is 3.52. The average molecular weight is 598 g/mol. The number of amides is 1. The fraction of sp³-hybridized carbons (Fsp3) is 0.290. The van der Waals surface area contributed by atoms with E-state index in [1.807, 2.05) is 12.1 Å². The highest BCUT2D eigenvalue weighted by Gasteiger charge is 2.31. The first-order chi connectivity index (χ1) is 20.1. The molecule has 1 aliphatic heterocycles. The van der Waals surface area contributed by atoms with Crippen molar-refractivity contribution in [3.63, 3.8) is 0 Å². The molecular formula is C31H27ClF3N3O4. The number of alkyl halides is 3. The van der Waals surface area contributed by atoms with Gasteiger partial charge in [0.1, 0.15) is 6.10 Å². The van der Waals surface area contributed by atoms with Crippen molar-refractivity contribution < 1.29 is 32.6 Å². The number of fused-ring (bicyclic) bond motifs is 1. The minimum atomic E-state index is -4.43. The highest BCUT2D eigenvalue weighted by molar-refractivity contribution is 6.30. The number of rotatable bonds is 8. The molecule has 1 saturated heterocycles. The molecule has 3 aromatic carbocycles. The Labute approximate surface area is 244 Å². The molecule has 5 rings (SSSR count). The van der Waals surface area contributed by atoms with Crippen molar-refractivity contribution in [2.24, 2.45) is 0 Å². The number of aryl methyl sites for hydroxylation is 1. The quantitative estimate of drug-likeness (QED) is 0.220. The molecule has 1 atom stereocenters. The molecule has 0 spiro atoms. The van der Waals surface area contributed by atoms with Crippen LogP contribution in [0.3, 0.4) is 0 Å². The average Bonchev–Trinajstić information content (AvgIpc) is 2.98. The first-order valence-corrected chi connectivity index (χ1v) is 13.8. The highest BCUT2D eigenvalue weighted by atomic mass is 35.5. The molecular weight excluding hydrogens is 571 g/mol. The van der Waals surface area contributed by atoms with Crippen LogP contribution in [0.2, 0.25) is 5.02 Å². The molecule has 1 amide bonds. The number of hydrogen-bond acceptors (Lipinski definition) is 5. The molecule has 1 fully saturated rings. The zero-order valence-electron chi connectivity index (χ0n) is 22.4. The third kappa shape index (κ3) is 6.88. The third-order valence-corrected chi connectivity index (χ3v) is 7.37. The summed E-state index contributed by atoms with van der Waals surface area (Å²) in [5, 5.41) is 9.58. The normalized spacial score (nSPS) is 15.6. The van der Waals surface area contributed by atoms with Gasteiger partial charge in [0.2, 0.25) is 0 Å². The van der Waals surface area contributed by atoms with Gasteiger partial charge in [0.15, 0.2) is 0 Å². The number of carboxylic acids is 1. The predicted molar refractivity (Wildman–Crippen MR) is 151 cm³/mol. The van der Waals surface area contributed by atoms with E-state index >= 15 is 0 Å². The van der Waals surface area contributed by atoms with Gasteiger partial charge in [-0.2, -0.15) is 13.2 Å². The Hall–Kier alpha value is -4.02. The lowest BCUT2D eigenvalue weighted by Gasteiger charge is -2.33. The minimum Gasteiger partial charge on any atom is -0.481 e. The summed E-state index contributed by atoms with van der Waals surface area (Å²) < 4.78 is 44.7. The molecule has 0 aliphatic carbocycles. The topological polar surface area (TPSA) is 92.6 Å². The molecule has 7 nitrogen and oxygen atoms in total. The van der Waals surface area contributed by atoms with Crippen molar-refractivity contribution in [3.8, 4) is 11.3 Å². The maximum absolute atomic E-state index is 13.5. The van der Waals surface area contributed by atoms with Crippen LogP contribution >= 0.6 is 11.6 Å². The van der Waals surface area contributed by atoms with Gasteiger partial charge in [-0.1, -0.05) is 35.9 Å². The Morgan fingerprint density at radius 2 is 1.71 bits per heavy atom. The van der Waals surface area contributed by atoms with Crippen LogP contribution in [0.4, 0.5) is 13.2 Å². The number of hydrogen-bond donors (Lipinski definition) is 1. The summed E-state index contributed by atoms with van der Waals surface area (Å²) in [5.74, 6) is -1.10.